The molecule has 9 heteroatoms. The number of nitrogens with one attached hydrogen (secondary N) is 1. The smallest absolute Gasteiger partial charge is 0.383 e. The molecule has 2 aromatic heterocycles. The Kier molecular flexibility index (Phi) is 4.81. The molecule has 0 aliphatic heterocycles. The van der Waals surface area contributed by atoms with Crippen molar-refractivity contribution in [3.63, 3.8) is 0 Å². The number of nitrogens with two attached hydrogens (primary N) is 1. The third kappa shape index (κ3) is 3.78. The second-order valence-electron chi connectivity index (χ2n) is 7.12. The van der Waals surface area contributed by atoms with E-state index in [0.29, 0.717) is 11.5 Å². The second-order valence-corrected chi connectivity index (χ2v) is 7.12. The Morgan fingerprint density at radius 1 is 0.967 bits per heavy atom. The number of alkyl halides is 3. The van der Waals surface area contributed by atoms with Crippen LogP contribution in [0.25, 0.3) is 16.9 Å². The van der Waals surface area contributed by atoms with Crippen molar-refractivity contribution >= 4 is 28.5 Å². The maximum atomic E-state index is 12.8. The van der Waals surface area contributed by atoms with Crippen LogP contribution < -0.4 is 11.1 Å². The van der Waals surface area contributed by atoms with Crippen LogP contribution in [0.4, 0.5) is 30.6 Å². The van der Waals surface area contributed by atoms with Gasteiger partial charge < -0.3 is 11.1 Å². The largest absolute Gasteiger partial charge is 0.416 e. The van der Waals surface area contributed by atoms with E-state index in [9.17, 15) is 13.2 Å². The maximum absolute atomic E-state index is 12.8. The molecule has 6 nitrogen and oxygen atoms in total. The van der Waals surface area contributed by atoms with Gasteiger partial charge in [0.15, 0.2) is 0 Å². The molecular formula is C21H19F3N6. The fourth-order valence-corrected chi connectivity index (χ4v) is 3.17. The van der Waals surface area contributed by atoms with Crippen LogP contribution in [0.1, 0.15) is 31.2 Å². The molecule has 0 unspecified atom stereocenters. The number of anilines is 3. The Balaban J connectivity index is 1.75. The zero-order valence-corrected chi connectivity index (χ0v) is 16.3. The minimum Gasteiger partial charge on any atom is -0.383 e. The highest BCUT2D eigenvalue weighted by Gasteiger charge is 2.30. The van der Waals surface area contributed by atoms with Crippen molar-refractivity contribution < 1.29 is 13.2 Å². The van der Waals surface area contributed by atoms with Crippen molar-refractivity contribution in [2.75, 3.05) is 11.1 Å². The first-order valence-electron chi connectivity index (χ1n) is 9.29. The van der Waals surface area contributed by atoms with Crippen molar-refractivity contribution in [3.8, 4) is 5.82 Å². The molecule has 3 N–H and O–H groups in total. The van der Waals surface area contributed by atoms with Gasteiger partial charge in [-0.05, 0) is 36.4 Å². The molecular weight excluding hydrogens is 393 g/mol. The summed E-state index contributed by atoms with van der Waals surface area (Å²) in [6.07, 6.45) is -4.39. The number of halogens is 3. The number of hydrogen-bond donors (Lipinski definition) is 2. The molecule has 4 aromatic rings. The Morgan fingerprint density at radius 3 is 2.33 bits per heavy atom. The van der Waals surface area contributed by atoms with Gasteiger partial charge in [-0.25, -0.2) is 4.98 Å². The number of para-hydroxylation sites is 2. The predicted molar refractivity (Wildman–Crippen MR) is 110 cm³/mol. The Morgan fingerprint density at radius 2 is 1.67 bits per heavy atom. The third-order valence-corrected chi connectivity index (χ3v) is 4.53. The molecule has 0 radical (unpaired) electrons. The second kappa shape index (κ2) is 7.33. The van der Waals surface area contributed by atoms with E-state index in [1.54, 1.807) is 6.07 Å². The van der Waals surface area contributed by atoms with Crippen LogP contribution in [-0.4, -0.2) is 19.5 Å². The van der Waals surface area contributed by atoms with E-state index < -0.39 is 11.7 Å². The van der Waals surface area contributed by atoms with E-state index in [0.717, 1.165) is 29.0 Å². The highest BCUT2D eigenvalue weighted by molar-refractivity contribution is 5.78. The summed E-state index contributed by atoms with van der Waals surface area (Å²) in [6, 6.07) is 14.0. The van der Waals surface area contributed by atoms with Crippen LogP contribution in [-0.2, 0) is 6.18 Å². The van der Waals surface area contributed by atoms with E-state index in [-0.39, 0.29) is 17.7 Å². The summed E-state index contributed by atoms with van der Waals surface area (Å²) in [7, 11) is 0. The highest BCUT2D eigenvalue weighted by atomic mass is 19.4. The number of nitrogens with zero attached hydrogens (tertiary/aromatic N) is 4. The summed E-state index contributed by atoms with van der Waals surface area (Å²) in [5, 5.41) is 2.92. The lowest BCUT2D eigenvalue weighted by Gasteiger charge is -2.13. The standard InChI is InChI=1S/C21H19F3N6/c1-12(2)19-27-15-5-3-4-6-16(15)30(19)18-11-17(25)28-20(29-18)26-14-9-7-13(8-10-14)21(22,23)24/h3-12H,1-2H3,(H3,25,26,28,29). The van der Waals surface area contributed by atoms with Gasteiger partial charge in [-0.15, -0.1) is 0 Å². The Bertz CT molecular complexity index is 1200. The first kappa shape index (κ1) is 19.7. The van der Waals surface area contributed by atoms with Gasteiger partial charge in [0.05, 0.1) is 16.6 Å². The summed E-state index contributed by atoms with van der Waals surface area (Å²) in [6.45, 7) is 4.06. The summed E-state index contributed by atoms with van der Waals surface area (Å²) in [5.41, 5.74) is 7.39. The molecule has 0 atom stereocenters. The lowest BCUT2D eigenvalue weighted by atomic mass is 10.2. The van der Waals surface area contributed by atoms with Gasteiger partial charge >= 0.3 is 6.18 Å². The molecule has 0 saturated heterocycles. The number of hydrogen-bond acceptors (Lipinski definition) is 5. The van der Waals surface area contributed by atoms with E-state index in [2.05, 4.69) is 15.3 Å². The fourth-order valence-electron chi connectivity index (χ4n) is 3.17. The molecule has 0 spiro atoms. The zero-order chi connectivity index (χ0) is 21.5. The minimum absolute atomic E-state index is 0.125. The van der Waals surface area contributed by atoms with E-state index in [1.165, 1.54) is 12.1 Å². The fraction of sp³-hybridized carbons (Fsp3) is 0.190. The summed E-state index contributed by atoms with van der Waals surface area (Å²) >= 11 is 0. The van der Waals surface area contributed by atoms with Crippen molar-refractivity contribution in [3.05, 3.63) is 66.0 Å². The van der Waals surface area contributed by atoms with Gasteiger partial charge in [0.1, 0.15) is 17.5 Å². The first-order valence-corrected chi connectivity index (χ1v) is 9.29. The van der Waals surface area contributed by atoms with E-state index in [4.69, 9.17) is 10.7 Å². The van der Waals surface area contributed by atoms with Gasteiger partial charge in [-0.2, -0.15) is 23.1 Å². The first-order chi connectivity index (χ1) is 14.2. The Labute approximate surface area is 170 Å². The Hall–Kier alpha value is -3.62. The quantitative estimate of drug-likeness (QED) is 0.476. The van der Waals surface area contributed by atoms with Crippen LogP contribution in [0.15, 0.2) is 54.6 Å². The summed E-state index contributed by atoms with van der Waals surface area (Å²) in [5.74, 6) is 1.86. The van der Waals surface area contributed by atoms with Gasteiger partial charge in [0.2, 0.25) is 5.95 Å². The average molecular weight is 412 g/mol. The highest BCUT2D eigenvalue weighted by Crippen LogP contribution is 2.31. The molecule has 0 saturated carbocycles. The van der Waals surface area contributed by atoms with Gasteiger partial charge in [0, 0.05) is 17.7 Å². The number of imidazole rings is 1. The molecule has 0 amide bonds. The minimum atomic E-state index is -4.39. The maximum Gasteiger partial charge on any atom is 0.416 e. The van der Waals surface area contributed by atoms with Crippen molar-refractivity contribution in [2.45, 2.75) is 25.9 Å². The average Bonchev–Trinajstić information content (AvgIpc) is 3.07. The number of benzene rings is 2. The molecule has 30 heavy (non-hydrogen) atoms. The predicted octanol–water partition coefficient (Wildman–Crippen LogP) is 5.28. The third-order valence-electron chi connectivity index (χ3n) is 4.53. The van der Waals surface area contributed by atoms with E-state index >= 15 is 0 Å². The van der Waals surface area contributed by atoms with Crippen LogP contribution in [0.2, 0.25) is 0 Å². The SMILES string of the molecule is CC(C)c1nc2ccccc2n1-c1cc(N)nc(Nc2ccc(C(F)(F)F)cc2)n1. The van der Waals surface area contributed by atoms with Crippen molar-refractivity contribution in [1.29, 1.82) is 0 Å². The number of rotatable bonds is 4. The van der Waals surface area contributed by atoms with Crippen LogP contribution in [0, 0.1) is 0 Å². The van der Waals surface area contributed by atoms with Gasteiger partial charge in [0.25, 0.3) is 0 Å². The molecule has 0 fully saturated rings. The summed E-state index contributed by atoms with van der Waals surface area (Å²) in [4.78, 5) is 13.4. The molecule has 4 rings (SSSR count). The molecule has 0 aliphatic rings. The van der Waals surface area contributed by atoms with Crippen LogP contribution in [0.5, 0.6) is 0 Å². The molecule has 2 heterocycles. The molecule has 2 aromatic carbocycles. The number of aromatic nitrogens is 4. The van der Waals surface area contributed by atoms with Gasteiger partial charge in [-0.1, -0.05) is 26.0 Å². The number of fused-ring (bicyclic) bond motifs is 1. The van der Waals surface area contributed by atoms with Crippen molar-refractivity contribution in [2.24, 2.45) is 0 Å². The summed E-state index contributed by atoms with van der Waals surface area (Å²) < 4.78 is 40.2. The van der Waals surface area contributed by atoms with Crippen LogP contribution in [0.3, 0.4) is 0 Å². The number of nitrogen functional groups attached to an aromatic ring is 1. The lowest BCUT2D eigenvalue weighted by Crippen LogP contribution is -2.09. The monoisotopic (exact) mass is 412 g/mol. The van der Waals surface area contributed by atoms with Crippen molar-refractivity contribution in [1.82, 2.24) is 19.5 Å². The lowest BCUT2D eigenvalue weighted by molar-refractivity contribution is -0.137. The molecule has 154 valence electrons. The van der Waals surface area contributed by atoms with E-state index in [1.807, 2.05) is 42.7 Å². The topological polar surface area (TPSA) is 81.7 Å². The normalized spacial score (nSPS) is 11.9. The van der Waals surface area contributed by atoms with Crippen LogP contribution >= 0.6 is 0 Å². The molecule has 0 bridgehead atoms. The molecule has 0 aliphatic carbocycles. The van der Waals surface area contributed by atoms with Gasteiger partial charge in [-0.3, -0.25) is 4.57 Å². The zero-order valence-electron chi connectivity index (χ0n) is 16.3.